The number of nitrogens with zero attached hydrogens (tertiary/aromatic N) is 1. The first-order chi connectivity index (χ1) is 10.6. The topological polar surface area (TPSA) is 41.6 Å². The third kappa shape index (κ3) is 5.70. The quantitative estimate of drug-likeness (QED) is 0.829. The Kier molecular flexibility index (Phi) is 8.42. The van der Waals surface area contributed by atoms with Gasteiger partial charge in [-0.3, -0.25) is 4.79 Å². The van der Waals surface area contributed by atoms with Crippen LogP contribution in [0.2, 0.25) is 0 Å². The first-order valence-corrected chi connectivity index (χ1v) is 8.32. The normalized spacial score (nSPS) is 16.7. The number of hydrogen-bond acceptors (Lipinski definition) is 3. The van der Waals surface area contributed by atoms with Gasteiger partial charge in [-0.1, -0.05) is 13.0 Å². The Labute approximate surface area is 146 Å². The molecule has 1 N–H and O–H groups in total. The Morgan fingerprint density at radius 1 is 1.35 bits per heavy atom. The first kappa shape index (κ1) is 19.8. The number of carbonyl (C=O) groups is 1. The highest BCUT2D eigenvalue weighted by Gasteiger charge is 2.25. The molecule has 1 unspecified atom stereocenters. The number of hydrogen-bond donors (Lipinski definition) is 1. The van der Waals surface area contributed by atoms with E-state index in [4.69, 9.17) is 4.74 Å². The predicted molar refractivity (Wildman–Crippen MR) is 96.6 cm³/mol. The second-order valence-electron chi connectivity index (χ2n) is 6.08. The number of nitrogens with one attached hydrogen (secondary N) is 1. The lowest BCUT2D eigenvalue weighted by Crippen LogP contribution is -2.42. The molecule has 2 rings (SSSR count). The number of carbonyl (C=O) groups excluding carboxylic acids is 1. The van der Waals surface area contributed by atoms with Gasteiger partial charge in [0.25, 0.3) is 0 Å². The van der Waals surface area contributed by atoms with Gasteiger partial charge in [-0.25, -0.2) is 0 Å². The molecule has 0 saturated carbocycles. The summed E-state index contributed by atoms with van der Waals surface area (Å²) >= 11 is 0. The van der Waals surface area contributed by atoms with E-state index in [0.29, 0.717) is 19.1 Å². The molecule has 1 amide bonds. The number of ether oxygens (including phenoxy) is 1. The van der Waals surface area contributed by atoms with E-state index in [2.05, 4.69) is 32.2 Å². The second kappa shape index (κ2) is 9.78. The van der Waals surface area contributed by atoms with Crippen molar-refractivity contribution in [2.45, 2.75) is 46.1 Å². The Hall–Kier alpha value is -1.26. The summed E-state index contributed by atoms with van der Waals surface area (Å²) in [5.41, 5.74) is 2.47. The van der Waals surface area contributed by atoms with Crippen molar-refractivity contribution >= 4 is 18.3 Å². The van der Waals surface area contributed by atoms with Crippen molar-refractivity contribution in [2.75, 3.05) is 26.2 Å². The van der Waals surface area contributed by atoms with Crippen LogP contribution in [-0.2, 0) is 4.79 Å². The molecule has 1 aliphatic heterocycles. The molecular weight excluding hydrogens is 312 g/mol. The Morgan fingerprint density at radius 3 is 2.74 bits per heavy atom. The van der Waals surface area contributed by atoms with E-state index < -0.39 is 0 Å². The maximum Gasteiger partial charge on any atom is 0.226 e. The molecule has 1 heterocycles. The molecule has 1 saturated heterocycles. The molecule has 1 aliphatic rings. The van der Waals surface area contributed by atoms with Gasteiger partial charge in [0.05, 0.1) is 13.0 Å². The van der Waals surface area contributed by atoms with E-state index in [1.165, 1.54) is 11.1 Å². The minimum Gasteiger partial charge on any atom is -0.493 e. The monoisotopic (exact) mass is 340 g/mol. The van der Waals surface area contributed by atoms with Gasteiger partial charge in [0.15, 0.2) is 0 Å². The minimum atomic E-state index is 0. The lowest BCUT2D eigenvalue weighted by atomic mass is 10.1. The lowest BCUT2D eigenvalue weighted by Gasteiger charge is -2.28. The number of amides is 1. The van der Waals surface area contributed by atoms with Crippen LogP contribution in [0.25, 0.3) is 0 Å². The first-order valence-electron chi connectivity index (χ1n) is 8.32. The summed E-state index contributed by atoms with van der Waals surface area (Å²) in [6, 6.07) is 6.41. The van der Waals surface area contributed by atoms with Crippen molar-refractivity contribution in [1.82, 2.24) is 10.2 Å². The van der Waals surface area contributed by atoms with Crippen LogP contribution in [0.3, 0.4) is 0 Å². The fourth-order valence-electron chi connectivity index (χ4n) is 2.86. The number of halogens is 1. The van der Waals surface area contributed by atoms with E-state index in [1.54, 1.807) is 0 Å². The highest BCUT2D eigenvalue weighted by Crippen LogP contribution is 2.17. The zero-order chi connectivity index (χ0) is 15.9. The van der Waals surface area contributed by atoms with Crippen LogP contribution in [-0.4, -0.2) is 43.1 Å². The minimum absolute atomic E-state index is 0. The summed E-state index contributed by atoms with van der Waals surface area (Å²) in [6.45, 7) is 9.50. The zero-order valence-electron chi connectivity index (χ0n) is 14.4. The molecule has 23 heavy (non-hydrogen) atoms. The number of benzene rings is 1. The predicted octanol–water partition coefficient (Wildman–Crippen LogP) is 3.09. The molecule has 0 aliphatic carbocycles. The number of aryl methyl sites for hydroxylation is 2. The molecule has 4 nitrogen and oxygen atoms in total. The standard InChI is InChI=1S/C18H28N2O2.ClH/c1-4-10-20(16-7-9-19-13-16)18(21)8-11-22-17-6-5-14(2)15(3)12-17;/h5-6,12,16,19H,4,7-11,13H2,1-3H3;1H. The molecule has 1 aromatic rings. The van der Waals surface area contributed by atoms with Crippen molar-refractivity contribution in [3.05, 3.63) is 29.3 Å². The molecule has 0 spiro atoms. The Bertz CT molecular complexity index is 502. The van der Waals surface area contributed by atoms with Crippen LogP contribution in [0.4, 0.5) is 0 Å². The highest BCUT2D eigenvalue weighted by molar-refractivity contribution is 5.85. The van der Waals surface area contributed by atoms with Gasteiger partial charge >= 0.3 is 0 Å². The summed E-state index contributed by atoms with van der Waals surface area (Å²) < 4.78 is 5.74. The average Bonchev–Trinajstić information content (AvgIpc) is 3.02. The average molecular weight is 341 g/mol. The molecule has 1 fully saturated rings. The molecule has 0 aromatic heterocycles. The van der Waals surface area contributed by atoms with Crippen LogP contribution in [0, 0.1) is 13.8 Å². The zero-order valence-corrected chi connectivity index (χ0v) is 15.2. The smallest absolute Gasteiger partial charge is 0.226 e. The molecule has 130 valence electrons. The van der Waals surface area contributed by atoms with E-state index >= 15 is 0 Å². The molecule has 0 bridgehead atoms. The fourth-order valence-corrected chi connectivity index (χ4v) is 2.86. The maximum atomic E-state index is 12.4. The van der Waals surface area contributed by atoms with E-state index in [0.717, 1.165) is 38.2 Å². The van der Waals surface area contributed by atoms with Gasteiger partial charge in [0.2, 0.25) is 5.91 Å². The van der Waals surface area contributed by atoms with Crippen LogP contribution in [0.15, 0.2) is 18.2 Å². The van der Waals surface area contributed by atoms with Crippen LogP contribution in [0.1, 0.15) is 37.3 Å². The van der Waals surface area contributed by atoms with Crippen molar-refractivity contribution < 1.29 is 9.53 Å². The third-order valence-corrected chi connectivity index (χ3v) is 4.32. The van der Waals surface area contributed by atoms with Gasteiger partial charge in [0, 0.05) is 19.1 Å². The Morgan fingerprint density at radius 2 is 2.13 bits per heavy atom. The van der Waals surface area contributed by atoms with Crippen LogP contribution >= 0.6 is 12.4 Å². The maximum absolute atomic E-state index is 12.4. The molecule has 0 radical (unpaired) electrons. The van der Waals surface area contributed by atoms with Crippen molar-refractivity contribution in [3.8, 4) is 5.75 Å². The van der Waals surface area contributed by atoms with E-state index in [9.17, 15) is 4.79 Å². The van der Waals surface area contributed by atoms with Crippen molar-refractivity contribution in [3.63, 3.8) is 0 Å². The van der Waals surface area contributed by atoms with Gasteiger partial charge in [-0.15, -0.1) is 12.4 Å². The Balaban J connectivity index is 0.00000264. The van der Waals surface area contributed by atoms with Gasteiger partial charge in [0.1, 0.15) is 5.75 Å². The summed E-state index contributed by atoms with van der Waals surface area (Å²) in [4.78, 5) is 14.5. The molecule has 5 heteroatoms. The van der Waals surface area contributed by atoms with E-state index in [-0.39, 0.29) is 18.3 Å². The summed E-state index contributed by atoms with van der Waals surface area (Å²) in [7, 11) is 0. The van der Waals surface area contributed by atoms with Crippen LogP contribution < -0.4 is 10.1 Å². The van der Waals surface area contributed by atoms with Gasteiger partial charge in [-0.05, 0) is 56.5 Å². The van der Waals surface area contributed by atoms with Gasteiger partial charge in [-0.2, -0.15) is 0 Å². The lowest BCUT2D eigenvalue weighted by molar-refractivity contribution is -0.133. The van der Waals surface area contributed by atoms with E-state index in [1.807, 2.05) is 17.0 Å². The third-order valence-electron chi connectivity index (χ3n) is 4.32. The summed E-state index contributed by atoms with van der Waals surface area (Å²) in [6.07, 6.45) is 2.51. The van der Waals surface area contributed by atoms with Crippen molar-refractivity contribution in [1.29, 1.82) is 0 Å². The number of rotatable bonds is 7. The summed E-state index contributed by atoms with van der Waals surface area (Å²) in [5.74, 6) is 1.06. The molecule has 1 aromatic carbocycles. The fraction of sp³-hybridized carbons (Fsp3) is 0.611. The second-order valence-corrected chi connectivity index (χ2v) is 6.08. The summed E-state index contributed by atoms with van der Waals surface area (Å²) in [5, 5.41) is 3.33. The largest absolute Gasteiger partial charge is 0.493 e. The SMILES string of the molecule is CCCN(C(=O)CCOc1ccc(C)c(C)c1)C1CCNC1.Cl. The molecular formula is C18H29ClN2O2. The van der Waals surface area contributed by atoms with Crippen LogP contribution in [0.5, 0.6) is 5.75 Å². The highest BCUT2D eigenvalue weighted by atomic mass is 35.5. The van der Waals surface area contributed by atoms with Gasteiger partial charge < -0.3 is 15.0 Å². The van der Waals surface area contributed by atoms with Crippen molar-refractivity contribution in [2.24, 2.45) is 0 Å². The molecule has 1 atom stereocenters.